The second-order valence-corrected chi connectivity index (χ2v) is 14.6. The number of carbonyl (C=O) groups is 5. The number of nitrogens with one attached hydrogen (secondary N) is 1. The van der Waals surface area contributed by atoms with E-state index in [9.17, 15) is 34.2 Å². The number of phenols is 1. The van der Waals surface area contributed by atoms with Crippen LogP contribution in [0, 0.1) is 47.2 Å². The van der Waals surface area contributed by atoms with Gasteiger partial charge in [-0.25, -0.2) is 4.39 Å². The number of likely N-dealkylation sites (N-methyl/N-ethyl adjacent to an activating group) is 1. The molecule has 2 unspecified atom stereocenters. The highest BCUT2D eigenvalue weighted by Gasteiger charge is 2.69. The summed E-state index contributed by atoms with van der Waals surface area (Å²) >= 11 is 0. The zero-order valence-corrected chi connectivity index (χ0v) is 24.4. The highest BCUT2D eigenvalue weighted by Crippen LogP contribution is 2.56. The van der Waals surface area contributed by atoms with Crippen LogP contribution in [-0.4, -0.2) is 75.4 Å². The summed E-state index contributed by atoms with van der Waals surface area (Å²) in [5, 5.41) is 26.3. The first-order valence-electron chi connectivity index (χ1n) is 15.4. The van der Waals surface area contributed by atoms with Crippen LogP contribution in [0.15, 0.2) is 6.07 Å². The molecule has 7 aliphatic carbocycles. The minimum atomic E-state index is -2.80. The number of rotatable bonds is 5. The van der Waals surface area contributed by atoms with Crippen molar-refractivity contribution < 1.29 is 38.6 Å². The average molecular weight is 596 g/mol. The summed E-state index contributed by atoms with van der Waals surface area (Å²) in [5.74, 6) is -10.0. The highest BCUT2D eigenvalue weighted by atomic mass is 19.1. The third-order valence-electron chi connectivity index (χ3n) is 11.8. The Kier molecular flexibility index (Phi) is 6.34. The van der Waals surface area contributed by atoms with Gasteiger partial charge in [-0.05, 0) is 95.2 Å². The fraction of sp³-hybridized carbons (Fsp3) is 0.656. The molecule has 6 saturated carbocycles. The van der Waals surface area contributed by atoms with Crippen LogP contribution in [0.25, 0.3) is 0 Å². The van der Waals surface area contributed by atoms with Gasteiger partial charge in [0.1, 0.15) is 11.6 Å². The van der Waals surface area contributed by atoms with Gasteiger partial charge in [-0.2, -0.15) is 0 Å². The Morgan fingerprint density at radius 3 is 2.21 bits per heavy atom. The second kappa shape index (κ2) is 9.49. The number of Topliss-reactive ketones (excluding diaryl/α,β-unsaturated/α-hetero) is 4. The van der Waals surface area contributed by atoms with Gasteiger partial charge >= 0.3 is 0 Å². The van der Waals surface area contributed by atoms with Crippen LogP contribution >= 0.6 is 0 Å². The number of phenolic OH excluding ortho intramolecular Hbond substituents is 1. The number of hydrogen-bond acceptors (Lipinski definition) is 9. The summed E-state index contributed by atoms with van der Waals surface area (Å²) < 4.78 is 16.2. The Morgan fingerprint density at radius 1 is 1.05 bits per heavy atom. The van der Waals surface area contributed by atoms with Crippen LogP contribution in [0.5, 0.6) is 5.75 Å². The molecule has 1 aromatic rings. The molecular weight excluding hydrogens is 557 g/mol. The van der Waals surface area contributed by atoms with Gasteiger partial charge in [0.15, 0.2) is 34.7 Å². The first kappa shape index (κ1) is 28.7. The van der Waals surface area contributed by atoms with Gasteiger partial charge in [-0.1, -0.05) is 0 Å². The molecule has 0 radical (unpaired) electrons. The summed E-state index contributed by atoms with van der Waals surface area (Å²) in [6.07, 6.45) is 6.79. The molecule has 7 aliphatic rings. The monoisotopic (exact) mass is 595 g/mol. The number of hydrogen-bond donors (Lipinski definition) is 4. The van der Waals surface area contributed by atoms with E-state index in [1.807, 2.05) is 0 Å². The second-order valence-electron chi connectivity index (χ2n) is 14.6. The molecule has 1 amide bonds. The normalized spacial score (nSPS) is 41.3. The Labute approximate surface area is 248 Å². The van der Waals surface area contributed by atoms with Crippen molar-refractivity contribution in [1.29, 1.82) is 0 Å². The number of nitrogens with two attached hydrogens (primary N) is 1. The SMILES string of the molecule is CN(C)[C@@H]1C(=O)C(C(N)=O)C(=O)[C@@]2(O)C(=O)C3C(=O)c4c(O)cc(CNC56CC7CC(CC(C7)C5)C6)c(F)c4C[C@H]3C[C@@H]12. The lowest BCUT2D eigenvalue weighted by Crippen LogP contribution is -2.74. The predicted molar refractivity (Wildman–Crippen MR) is 149 cm³/mol. The van der Waals surface area contributed by atoms with E-state index < -0.39 is 75.9 Å². The molecule has 230 valence electrons. The fourth-order valence-corrected chi connectivity index (χ4v) is 10.4. The number of nitrogens with zero attached hydrogens (tertiary/aromatic N) is 1. The van der Waals surface area contributed by atoms with Gasteiger partial charge in [-0.3, -0.25) is 28.9 Å². The van der Waals surface area contributed by atoms with E-state index >= 15 is 4.39 Å². The van der Waals surface area contributed by atoms with Gasteiger partial charge in [0.2, 0.25) is 5.91 Å². The maximum Gasteiger partial charge on any atom is 0.235 e. The molecule has 0 saturated heterocycles. The van der Waals surface area contributed by atoms with Gasteiger partial charge in [0, 0.05) is 29.1 Å². The van der Waals surface area contributed by atoms with E-state index in [4.69, 9.17) is 5.73 Å². The topological polar surface area (TPSA) is 167 Å². The Bertz CT molecular complexity index is 1450. The summed E-state index contributed by atoms with van der Waals surface area (Å²) in [5.41, 5.74) is 2.45. The molecule has 1 aromatic carbocycles. The third kappa shape index (κ3) is 3.96. The van der Waals surface area contributed by atoms with Gasteiger partial charge < -0.3 is 21.3 Å². The van der Waals surface area contributed by atoms with Crippen molar-refractivity contribution in [3.63, 3.8) is 0 Å². The fourth-order valence-electron chi connectivity index (χ4n) is 10.4. The van der Waals surface area contributed by atoms with Gasteiger partial charge in [0.25, 0.3) is 0 Å². The van der Waals surface area contributed by atoms with E-state index in [1.54, 1.807) is 0 Å². The van der Waals surface area contributed by atoms with E-state index in [0.717, 1.165) is 19.3 Å². The largest absolute Gasteiger partial charge is 0.507 e. The van der Waals surface area contributed by atoms with Crippen molar-refractivity contribution in [1.82, 2.24) is 10.2 Å². The number of halogens is 1. The van der Waals surface area contributed by atoms with E-state index in [2.05, 4.69) is 5.32 Å². The van der Waals surface area contributed by atoms with Crippen molar-refractivity contribution in [2.45, 2.75) is 75.1 Å². The molecule has 0 aliphatic heterocycles. The number of fused-ring (bicyclic) bond motifs is 3. The molecule has 11 heteroatoms. The first-order valence-corrected chi connectivity index (χ1v) is 15.4. The quantitative estimate of drug-likeness (QED) is 0.364. The van der Waals surface area contributed by atoms with Crippen molar-refractivity contribution in [3.8, 4) is 5.75 Å². The lowest BCUT2D eigenvalue weighted by molar-refractivity contribution is -0.181. The maximum absolute atomic E-state index is 16.2. The number of amides is 1. The van der Waals surface area contributed by atoms with E-state index in [-0.39, 0.29) is 41.6 Å². The lowest BCUT2D eigenvalue weighted by Gasteiger charge is -2.57. The number of carbonyl (C=O) groups excluding carboxylic acids is 5. The summed E-state index contributed by atoms with van der Waals surface area (Å²) in [6.45, 7) is 0.197. The average Bonchev–Trinajstić information content (AvgIpc) is 2.90. The molecule has 43 heavy (non-hydrogen) atoms. The van der Waals surface area contributed by atoms with Crippen LogP contribution < -0.4 is 11.1 Å². The molecule has 0 aromatic heterocycles. The predicted octanol–water partition coefficient (Wildman–Crippen LogP) is 1.06. The van der Waals surface area contributed by atoms with Crippen LogP contribution in [0.4, 0.5) is 4.39 Å². The molecule has 10 nitrogen and oxygen atoms in total. The highest BCUT2D eigenvalue weighted by molar-refractivity contribution is 6.32. The van der Waals surface area contributed by atoms with Crippen molar-refractivity contribution in [2.75, 3.05) is 14.1 Å². The summed E-state index contributed by atoms with van der Waals surface area (Å²) in [6, 6.07) is 0.0380. The van der Waals surface area contributed by atoms with Crippen molar-refractivity contribution in [2.24, 2.45) is 47.2 Å². The standard InChI is InChI=1S/C32H38FN3O7/c1-36(2)25-19-7-16-6-18-22(26(38)21(16)28(40)32(19,43)29(41)23(27(25)39)30(34)42)20(37)8-17(24(18)33)12-35-31-9-13-3-14(10-31)5-15(4-13)11-31/h8,13-16,19,21,23,25,35,37,43H,3-7,9-12H2,1-2H3,(H2,34,42)/t13?,14?,15?,16-,19-,21?,23?,25-,31?,32-/m0/s1. The molecule has 0 spiro atoms. The number of benzene rings is 1. The zero-order chi connectivity index (χ0) is 30.7. The van der Waals surface area contributed by atoms with Crippen molar-refractivity contribution in [3.05, 3.63) is 28.6 Å². The molecule has 6 atom stereocenters. The molecule has 0 heterocycles. The first-order chi connectivity index (χ1) is 20.3. The Morgan fingerprint density at radius 2 is 1.65 bits per heavy atom. The molecule has 5 N–H and O–H groups in total. The van der Waals surface area contributed by atoms with Crippen LogP contribution in [0.3, 0.4) is 0 Å². The third-order valence-corrected chi connectivity index (χ3v) is 11.8. The van der Waals surface area contributed by atoms with Crippen LogP contribution in [-0.2, 0) is 32.1 Å². The number of aromatic hydroxyl groups is 1. The zero-order valence-electron chi connectivity index (χ0n) is 24.4. The Hall–Kier alpha value is -3.02. The number of ketones is 4. The molecule has 4 bridgehead atoms. The van der Waals surface area contributed by atoms with Crippen molar-refractivity contribution >= 4 is 29.0 Å². The molecule has 6 fully saturated rings. The molecule has 8 rings (SSSR count). The van der Waals surface area contributed by atoms with Crippen LogP contribution in [0.1, 0.15) is 66.4 Å². The summed E-state index contributed by atoms with van der Waals surface area (Å²) in [4.78, 5) is 67.8. The van der Waals surface area contributed by atoms with Crippen LogP contribution in [0.2, 0.25) is 0 Å². The minimum absolute atomic E-state index is 0.0108. The smallest absolute Gasteiger partial charge is 0.235 e. The lowest BCUT2D eigenvalue weighted by atomic mass is 9.52. The van der Waals surface area contributed by atoms with E-state index in [0.29, 0.717) is 17.8 Å². The minimum Gasteiger partial charge on any atom is -0.507 e. The Balaban J connectivity index is 1.22. The van der Waals surface area contributed by atoms with Gasteiger partial charge in [0.05, 0.1) is 17.5 Å². The maximum atomic E-state index is 16.2. The van der Waals surface area contributed by atoms with Gasteiger partial charge in [-0.15, -0.1) is 0 Å². The number of aliphatic hydroxyl groups is 1. The summed E-state index contributed by atoms with van der Waals surface area (Å²) in [7, 11) is 3.05. The number of primary amides is 1. The van der Waals surface area contributed by atoms with E-state index in [1.165, 1.54) is 44.3 Å². The molecular formula is C32H38FN3O7.